The van der Waals surface area contributed by atoms with Crippen LogP contribution in [-0.4, -0.2) is 0 Å². The van der Waals surface area contributed by atoms with Crippen molar-refractivity contribution in [1.82, 2.24) is 0 Å². The van der Waals surface area contributed by atoms with Crippen molar-refractivity contribution in [2.24, 2.45) is 0 Å². The topological polar surface area (TPSA) is 52.6 Å². The van der Waals surface area contributed by atoms with Gasteiger partial charge in [0.1, 0.15) is 24.7 Å². The summed E-state index contributed by atoms with van der Waals surface area (Å²) in [5.74, 6) is 1.27. The Bertz CT molecular complexity index is 496. The first-order chi connectivity index (χ1) is 7.74. The first-order valence-electron chi connectivity index (χ1n) is 4.95. The van der Waals surface area contributed by atoms with Gasteiger partial charge in [-0.25, -0.2) is 4.79 Å². The molecule has 2 heterocycles. The van der Waals surface area contributed by atoms with Crippen LogP contribution in [0.25, 0.3) is 0 Å². The highest BCUT2D eigenvalue weighted by molar-refractivity contribution is 5.10. The maximum atomic E-state index is 11.1. The Morgan fingerprint density at radius 2 is 2.06 bits per heavy atom. The van der Waals surface area contributed by atoms with E-state index in [9.17, 15) is 4.79 Å². The summed E-state index contributed by atoms with van der Waals surface area (Å²) in [6, 6.07) is 6.84. The largest absolute Gasteiger partial charge is 0.467 e. The van der Waals surface area contributed by atoms with Crippen molar-refractivity contribution in [2.75, 3.05) is 0 Å². The lowest BCUT2D eigenvalue weighted by molar-refractivity contribution is 0.0783. The average Bonchev–Trinajstić information content (AvgIpc) is 2.69. The van der Waals surface area contributed by atoms with E-state index >= 15 is 0 Å². The third-order valence-electron chi connectivity index (χ3n) is 2.03. The smallest absolute Gasteiger partial charge is 0.336 e. The van der Waals surface area contributed by atoms with Gasteiger partial charge in [0, 0.05) is 6.07 Å². The van der Waals surface area contributed by atoms with E-state index in [1.165, 1.54) is 6.07 Å². The average molecular weight is 220 g/mol. The summed E-state index contributed by atoms with van der Waals surface area (Å²) in [4.78, 5) is 11.1. The lowest BCUT2D eigenvalue weighted by Crippen LogP contribution is -2.02. The summed E-state index contributed by atoms with van der Waals surface area (Å²) in [5.41, 5.74) is 0.518. The second-order valence-corrected chi connectivity index (χ2v) is 3.49. The summed E-state index contributed by atoms with van der Waals surface area (Å²) in [5, 5.41) is 0. The number of hydrogen-bond donors (Lipinski definition) is 0. The molecule has 84 valence electrons. The normalized spacial score (nSPS) is 10.6. The molecule has 0 atom stereocenters. The van der Waals surface area contributed by atoms with Crippen LogP contribution in [-0.2, 0) is 18.0 Å². The third kappa shape index (κ3) is 2.84. The van der Waals surface area contributed by atoms with Crippen LogP contribution in [0.4, 0.5) is 0 Å². The van der Waals surface area contributed by atoms with E-state index in [2.05, 4.69) is 0 Å². The molecule has 4 heteroatoms. The minimum atomic E-state index is -0.350. The zero-order valence-electron chi connectivity index (χ0n) is 8.93. The first-order valence-corrected chi connectivity index (χ1v) is 4.95. The number of aryl methyl sites for hydroxylation is 1. The van der Waals surface area contributed by atoms with Crippen molar-refractivity contribution >= 4 is 0 Å². The van der Waals surface area contributed by atoms with E-state index in [1.54, 1.807) is 18.4 Å². The summed E-state index contributed by atoms with van der Waals surface area (Å²) in [7, 11) is 0. The van der Waals surface area contributed by atoms with Gasteiger partial charge in [0.25, 0.3) is 0 Å². The Morgan fingerprint density at radius 3 is 2.75 bits per heavy atom. The van der Waals surface area contributed by atoms with Crippen LogP contribution in [0.15, 0.2) is 44.2 Å². The maximum Gasteiger partial charge on any atom is 0.336 e. The van der Waals surface area contributed by atoms with Gasteiger partial charge in [-0.2, -0.15) is 0 Å². The monoisotopic (exact) mass is 220 g/mol. The van der Waals surface area contributed by atoms with E-state index < -0.39 is 0 Å². The number of hydrogen-bond acceptors (Lipinski definition) is 4. The predicted molar refractivity (Wildman–Crippen MR) is 56.9 cm³/mol. The number of ether oxygens (including phenoxy) is 1. The summed E-state index contributed by atoms with van der Waals surface area (Å²) in [6.45, 7) is 2.47. The molecule has 0 unspecified atom stereocenters. The molecule has 0 aliphatic rings. The standard InChI is InChI=1S/C12H12O4/c1-9-5-11(16-12(13)6-9)8-14-7-10-3-2-4-15-10/h2-6H,7-8H2,1H3. The van der Waals surface area contributed by atoms with Gasteiger partial charge < -0.3 is 13.6 Å². The van der Waals surface area contributed by atoms with Gasteiger partial charge in [0.15, 0.2) is 0 Å². The molecule has 4 nitrogen and oxygen atoms in total. The molecule has 0 radical (unpaired) electrons. The molecule has 0 aliphatic carbocycles. The molecule has 0 N–H and O–H groups in total. The predicted octanol–water partition coefficient (Wildman–Crippen LogP) is 2.26. The third-order valence-corrected chi connectivity index (χ3v) is 2.03. The molecule has 2 aromatic rings. The minimum Gasteiger partial charge on any atom is -0.467 e. The molecule has 16 heavy (non-hydrogen) atoms. The van der Waals surface area contributed by atoms with E-state index in [4.69, 9.17) is 13.6 Å². The van der Waals surface area contributed by atoms with Gasteiger partial charge in [-0.3, -0.25) is 0 Å². The molecule has 0 saturated heterocycles. The van der Waals surface area contributed by atoms with Gasteiger partial charge in [-0.15, -0.1) is 0 Å². The molecule has 0 spiro atoms. The summed E-state index contributed by atoms with van der Waals surface area (Å²) >= 11 is 0. The van der Waals surface area contributed by atoms with Crippen LogP contribution < -0.4 is 5.63 Å². The van der Waals surface area contributed by atoms with Crippen molar-refractivity contribution in [1.29, 1.82) is 0 Å². The molecular formula is C12H12O4. The van der Waals surface area contributed by atoms with Crippen molar-refractivity contribution in [3.05, 3.63) is 58.0 Å². The van der Waals surface area contributed by atoms with Crippen LogP contribution >= 0.6 is 0 Å². The first kappa shape index (κ1) is 10.7. The SMILES string of the molecule is Cc1cc(COCc2ccco2)oc(=O)c1. The van der Waals surface area contributed by atoms with Gasteiger partial charge in [0.2, 0.25) is 0 Å². The van der Waals surface area contributed by atoms with Crippen LogP contribution in [0, 0.1) is 6.92 Å². The van der Waals surface area contributed by atoms with Crippen molar-refractivity contribution in [2.45, 2.75) is 20.1 Å². The number of furan rings is 1. The molecule has 0 aromatic carbocycles. The fraction of sp³-hybridized carbons (Fsp3) is 0.250. The molecule has 0 amide bonds. The van der Waals surface area contributed by atoms with Crippen LogP contribution in [0.1, 0.15) is 17.1 Å². The van der Waals surface area contributed by atoms with Crippen molar-refractivity contribution in [3.8, 4) is 0 Å². The Hall–Kier alpha value is -1.81. The summed E-state index contributed by atoms with van der Waals surface area (Å²) < 4.78 is 15.4. The van der Waals surface area contributed by atoms with Crippen LogP contribution in [0.3, 0.4) is 0 Å². The van der Waals surface area contributed by atoms with E-state index in [0.29, 0.717) is 12.4 Å². The highest BCUT2D eigenvalue weighted by Gasteiger charge is 2.01. The lowest BCUT2D eigenvalue weighted by atomic mass is 10.3. The molecule has 2 rings (SSSR count). The van der Waals surface area contributed by atoms with E-state index in [1.807, 2.05) is 13.0 Å². The molecule has 2 aromatic heterocycles. The van der Waals surface area contributed by atoms with Gasteiger partial charge >= 0.3 is 5.63 Å². The molecule has 0 bridgehead atoms. The molecule has 0 aliphatic heterocycles. The minimum absolute atomic E-state index is 0.262. The number of rotatable bonds is 4. The fourth-order valence-electron chi connectivity index (χ4n) is 1.39. The zero-order valence-corrected chi connectivity index (χ0v) is 8.93. The van der Waals surface area contributed by atoms with E-state index in [-0.39, 0.29) is 12.2 Å². The summed E-state index contributed by atoms with van der Waals surface area (Å²) in [6.07, 6.45) is 1.59. The second-order valence-electron chi connectivity index (χ2n) is 3.49. The van der Waals surface area contributed by atoms with Crippen LogP contribution in [0.2, 0.25) is 0 Å². The fourth-order valence-corrected chi connectivity index (χ4v) is 1.39. The van der Waals surface area contributed by atoms with Crippen molar-refractivity contribution in [3.63, 3.8) is 0 Å². The van der Waals surface area contributed by atoms with Gasteiger partial charge in [-0.1, -0.05) is 0 Å². The quantitative estimate of drug-likeness (QED) is 0.793. The van der Waals surface area contributed by atoms with Gasteiger partial charge in [-0.05, 0) is 30.7 Å². The van der Waals surface area contributed by atoms with Crippen LogP contribution in [0.5, 0.6) is 0 Å². The Morgan fingerprint density at radius 1 is 1.25 bits per heavy atom. The lowest BCUT2D eigenvalue weighted by Gasteiger charge is -2.01. The van der Waals surface area contributed by atoms with E-state index in [0.717, 1.165) is 11.3 Å². The van der Waals surface area contributed by atoms with Crippen molar-refractivity contribution < 1.29 is 13.6 Å². The zero-order chi connectivity index (χ0) is 11.4. The Kier molecular flexibility index (Phi) is 3.22. The highest BCUT2D eigenvalue weighted by atomic mass is 16.5. The second kappa shape index (κ2) is 4.81. The molecular weight excluding hydrogens is 208 g/mol. The highest BCUT2D eigenvalue weighted by Crippen LogP contribution is 2.06. The molecule has 0 fully saturated rings. The maximum absolute atomic E-state index is 11.1. The molecule has 0 saturated carbocycles. The van der Waals surface area contributed by atoms with Gasteiger partial charge in [0.05, 0.1) is 6.26 Å². The Labute approximate surface area is 92.5 Å². The Balaban J connectivity index is 1.92.